The van der Waals surface area contributed by atoms with Crippen LogP contribution < -0.4 is 22.7 Å². The number of hydrogen-bond acceptors (Lipinski definition) is 4. The summed E-state index contributed by atoms with van der Waals surface area (Å²) in [6, 6.07) is 0. The van der Waals surface area contributed by atoms with Gasteiger partial charge in [0.2, 0.25) is 0 Å². The van der Waals surface area contributed by atoms with Crippen molar-refractivity contribution in [3.63, 3.8) is 0 Å². The van der Waals surface area contributed by atoms with E-state index < -0.39 is 5.56 Å². The van der Waals surface area contributed by atoms with E-state index in [1.54, 1.807) is 0 Å². The van der Waals surface area contributed by atoms with E-state index in [9.17, 15) is 9.59 Å². The molecule has 0 atom stereocenters. The van der Waals surface area contributed by atoms with Crippen LogP contribution in [0.2, 0.25) is 0 Å². The Hall–Kier alpha value is -1.72. The van der Waals surface area contributed by atoms with Gasteiger partial charge in [-0.15, -0.1) is 0 Å². The Bertz CT molecular complexity index is 540. The Labute approximate surface area is 106 Å². The Morgan fingerprint density at radius 3 is 1.83 bits per heavy atom. The normalized spacial score (nSPS) is 11.4. The minimum absolute atomic E-state index is 0.0455. The van der Waals surface area contributed by atoms with Crippen molar-refractivity contribution in [3.05, 3.63) is 20.8 Å². The molecule has 0 fully saturated rings. The lowest BCUT2D eigenvalue weighted by atomic mass is 10.2. The van der Waals surface area contributed by atoms with Gasteiger partial charge < -0.3 is 11.5 Å². The lowest BCUT2D eigenvalue weighted by molar-refractivity contribution is 0.446. The van der Waals surface area contributed by atoms with E-state index in [4.69, 9.17) is 11.5 Å². The molecule has 0 aliphatic heterocycles. The minimum Gasteiger partial charge on any atom is -0.391 e. The molecule has 0 bridgehead atoms. The summed E-state index contributed by atoms with van der Waals surface area (Å²) < 4.78 is 2.54. The highest BCUT2D eigenvalue weighted by Crippen LogP contribution is 2.09. The van der Waals surface area contributed by atoms with Crippen LogP contribution in [-0.4, -0.2) is 9.13 Å². The van der Waals surface area contributed by atoms with Gasteiger partial charge in [-0.3, -0.25) is 13.9 Å². The predicted octanol–water partition coefficient (Wildman–Crippen LogP) is 0.486. The third kappa shape index (κ3) is 2.75. The molecule has 0 aliphatic rings. The number of nitrogen functional groups attached to an aromatic ring is 2. The van der Waals surface area contributed by atoms with E-state index in [-0.39, 0.29) is 29.0 Å². The molecule has 0 saturated carbocycles. The minimum atomic E-state index is -0.494. The fourth-order valence-electron chi connectivity index (χ4n) is 1.80. The summed E-state index contributed by atoms with van der Waals surface area (Å²) >= 11 is 0. The second-order valence-corrected chi connectivity index (χ2v) is 5.40. The van der Waals surface area contributed by atoms with Gasteiger partial charge >= 0.3 is 5.69 Å². The van der Waals surface area contributed by atoms with E-state index in [2.05, 4.69) is 0 Å². The fourth-order valence-corrected chi connectivity index (χ4v) is 1.80. The summed E-state index contributed by atoms with van der Waals surface area (Å²) in [4.78, 5) is 24.2. The number of anilines is 2. The van der Waals surface area contributed by atoms with E-state index in [1.807, 2.05) is 27.7 Å². The molecule has 1 heterocycles. The topological polar surface area (TPSA) is 96.0 Å². The fraction of sp³-hybridized carbons (Fsp3) is 0.667. The average molecular weight is 254 g/mol. The van der Waals surface area contributed by atoms with Crippen LogP contribution in [0, 0.1) is 11.8 Å². The molecule has 1 aromatic heterocycles. The second kappa shape index (κ2) is 5.29. The highest BCUT2D eigenvalue weighted by molar-refractivity contribution is 5.56. The van der Waals surface area contributed by atoms with Crippen LogP contribution in [0.25, 0.3) is 0 Å². The maximum absolute atomic E-state index is 12.2. The number of rotatable bonds is 4. The molecule has 102 valence electrons. The van der Waals surface area contributed by atoms with Gasteiger partial charge in [-0.2, -0.15) is 0 Å². The molecule has 0 spiro atoms. The van der Waals surface area contributed by atoms with Crippen molar-refractivity contribution in [2.24, 2.45) is 11.8 Å². The van der Waals surface area contributed by atoms with Crippen molar-refractivity contribution in [1.82, 2.24) is 9.13 Å². The van der Waals surface area contributed by atoms with Crippen LogP contribution in [0.15, 0.2) is 9.59 Å². The number of aromatic nitrogens is 2. The van der Waals surface area contributed by atoms with Crippen LogP contribution in [0.4, 0.5) is 11.5 Å². The maximum Gasteiger partial charge on any atom is 0.332 e. The van der Waals surface area contributed by atoms with Gasteiger partial charge in [0.1, 0.15) is 11.5 Å². The Kier molecular flexibility index (Phi) is 4.21. The first-order valence-electron chi connectivity index (χ1n) is 6.14. The number of hydrogen-bond donors (Lipinski definition) is 2. The molecule has 0 unspecified atom stereocenters. The molecule has 0 radical (unpaired) electrons. The summed E-state index contributed by atoms with van der Waals surface area (Å²) in [5.74, 6) is 0.499. The lowest BCUT2D eigenvalue weighted by Crippen LogP contribution is -2.43. The van der Waals surface area contributed by atoms with Crippen LogP contribution in [0.3, 0.4) is 0 Å². The van der Waals surface area contributed by atoms with Crippen molar-refractivity contribution < 1.29 is 0 Å². The molecule has 6 heteroatoms. The SMILES string of the molecule is CC(C)Cn1c(N)c(N)c(=O)n(CC(C)C)c1=O. The van der Waals surface area contributed by atoms with Gasteiger partial charge in [0, 0.05) is 13.1 Å². The molecule has 1 rings (SSSR count). The summed E-state index contributed by atoms with van der Waals surface area (Å²) in [5.41, 5.74) is 10.5. The molecule has 4 N–H and O–H groups in total. The molecule has 0 aromatic carbocycles. The van der Waals surface area contributed by atoms with E-state index >= 15 is 0 Å². The molecule has 1 aromatic rings. The molecular formula is C12H22N4O2. The lowest BCUT2D eigenvalue weighted by Gasteiger charge is -2.17. The molecule has 6 nitrogen and oxygen atoms in total. The third-order valence-electron chi connectivity index (χ3n) is 2.60. The summed E-state index contributed by atoms with van der Waals surface area (Å²) in [6.07, 6.45) is 0. The zero-order chi connectivity index (χ0) is 14.0. The quantitative estimate of drug-likeness (QED) is 0.817. The Morgan fingerprint density at radius 2 is 1.39 bits per heavy atom. The zero-order valence-electron chi connectivity index (χ0n) is 11.4. The van der Waals surface area contributed by atoms with Gasteiger partial charge in [0.25, 0.3) is 5.56 Å². The summed E-state index contributed by atoms with van der Waals surface area (Å²) in [7, 11) is 0. The summed E-state index contributed by atoms with van der Waals surface area (Å²) in [5, 5.41) is 0. The van der Waals surface area contributed by atoms with Gasteiger partial charge in [0.05, 0.1) is 0 Å². The second-order valence-electron chi connectivity index (χ2n) is 5.40. The average Bonchev–Trinajstić information content (AvgIpc) is 2.27. The van der Waals surface area contributed by atoms with Crippen molar-refractivity contribution in [2.45, 2.75) is 40.8 Å². The number of nitrogens with zero attached hydrogens (tertiary/aromatic N) is 2. The standard InChI is InChI=1S/C12H22N4O2/c1-7(2)5-15-10(14)9(13)11(17)16(12(15)18)6-8(3)4/h7-8H,5-6,13-14H2,1-4H3. The van der Waals surface area contributed by atoms with Gasteiger partial charge in [-0.05, 0) is 11.8 Å². The first-order chi connectivity index (χ1) is 8.25. The van der Waals surface area contributed by atoms with Crippen molar-refractivity contribution >= 4 is 11.5 Å². The smallest absolute Gasteiger partial charge is 0.332 e. The van der Waals surface area contributed by atoms with Crippen LogP contribution >= 0.6 is 0 Å². The molecule has 0 aliphatic carbocycles. The van der Waals surface area contributed by atoms with E-state index in [0.29, 0.717) is 13.1 Å². The maximum atomic E-state index is 12.2. The first kappa shape index (κ1) is 14.3. The molecule has 18 heavy (non-hydrogen) atoms. The molecule has 0 amide bonds. The number of nitrogens with two attached hydrogens (primary N) is 2. The zero-order valence-corrected chi connectivity index (χ0v) is 11.4. The van der Waals surface area contributed by atoms with Crippen LogP contribution in [0.1, 0.15) is 27.7 Å². The van der Waals surface area contributed by atoms with E-state index in [1.165, 1.54) is 9.13 Å². The van der Waals surface area contributed by atoms with Crippen LogP contribution in [0.5, 0.6) is 0 Å². The highest BCUT2D eigenvalue weighted by Gasteiger charge is 2.16. The van der Waals surface area contributed by atoms with Crippen LogP contribution in [-0.2, 0) is 13.1 Å². The Morgan fingerprint density at radius 1 is 0.944 bits per heavy atom. The summed E-state index contributed by atoms with van der Waals surface area (Å²) in [6.45, 7) is 8.61. The monoisotopic (exact) mass is 254 g/mol. The van der Waals surface area contributed by atoms with Gasteiger partial charge in [-0.25, -0.2) is 4.79 Å². The van der Waals surface area contributed by atoms with Crippen molar-refractivity contribution in [2.75, 3.05) is 11.5 Å². The van der Waals surface area contributed by atoms with Crippen molar-refractivity contribution in [1.29, 1.82) is 0 Å². The van der Waals surface area contributed by atoms with Gasteiger partial charge in [0.15, 0.2) is 0 Å². The predicted molar refractivity (Wildman–Crippen MR) is 73.5 cm³/mol. The molecule has 0 saturated heterocycles. The Balaban J connectivity index is 3.50. The van der Waals surface area contributed by atoms with Crippen molar-refractivity contribution in [3.8, 4) is 0 Å². The highest BCUT2D eigenvalue weighted by atomic mass is 16.2. The van der Waals surface area contributed by atoms with Gasteiger partial charge in [-0.1, -0.05) is 27.7 Å². The third-order valence-corrected chi connectivity index (χ3v) is 2.60. The largest absolute Gasteiger partial charge is 0.391 e. The first-order valence-corrected chi connectivity index (χ1v) is 6.14. The van der Waals surface area contributed by atoms with E-state index in [0.717, 1.165) is 0 Å². The molecular weight excluding hydrogens is 232 g/mol.